The number of aliphatic hydroxyl groups is 9. The van der Waals surface area contributed by atoms with Crippen LogP contribution in [0.4, 0.5) is 4.79 Å². The number of hydrogen-bond donors (Lipinski definition) is 11. The van der Waals surface area contributed by atoms with Gasteiger partial charge in [-0.3, -0.25) is 4.79 Å². The van der Waals surface area contributed by atoms with Crippen LogP contribution in [0.2, 0.25) is 0 Å². The van der Waals surface area contributed by atoms with Crippen LogP contribution >= 0.6 is 0 Å². The average molecular weight is 1270 g/mol. The van der Waals surface area contributed by atoms with E-state index in [1.807, 2.05) is 24.3 Å². The summed E-state index contributed by atoms with van der Waals surface area (Å²) in [6, 6.07) is 18.5. The Morgan fingerprint density at radius 1 is 0.341 bits per heavy atom. The molecule has 14 heteroatoms. The molecule has 0 bridgehead atoms. The summed E-state index contributed by atoms with van der Waals surface area (Å²) in [5.41, 5.74) is 0.828. The zero-order chi connectivity index (χ0) is 65.8. The van der Waals surface area contributed by atoms with Gasteiger partial charge in [0, 0.05) is 110 Å². The van der Waals surface area contributed by atoms with Crippen molar-refractivity contribution in [3.8, 4) is 23.7 Å². The van der Waals surface area contributed by atoms with E-state index in [0.717, 1.165) is 226 Å². The Hall–Kier alpha value is -4.32. The van der Waals surface area contributed by atoms with E-state index in [9.17, 15) is 55.5 Å². The minimum atomic E-state index is -0.433. The maximum Gasteiger partial charge on any atom is 0.407 e. The van der Waals surface area contributed by atoms with Gasteiger partial charge in [-0.1, -0.05) is 80.6 Å². The molecule has 11 N–H and O–H groups in total. The third-order valence-corrected chi connectivity index (χ3v) is 19.8. The van der Waals surface area contributed by atoms with E-state index in [1.165, 1.54) is 0 Å². The van der Waals surface area contributed by atoms with E-state index in [-0.39, 0.29) is 93.6 Å². The first-order chi connectivity index (χ1) is 44.5. The minimum Gasteiger partial charge on any atom is -0.445 e. The number of fused-ring (bicyclic) bond motifs is 2. The van der Waals surface area contributed by atoms with Gasteiger partial charge in [-0.2, -0.15) is 0 Å². The van der Waals surface area contributed by atoms with Crippen LogP contribution < -0.4 is 10.6 Å². The zero-order valence-electron chi connectivity index (χ0n) is 56.4. The molecule has 0 heterocycles. The number of ether oxygens (including phenoxy) is 1. The number of nitrogens with one attached hydrogen (secondary N) is 2. The Morgan fingerprint density at radius 3 is 0.967 bits per heavy atom. The van der Waals surface area contributed by atoms with Gasteiger partial charge in [-0.15, -0.1) is 23.7 Å². The minimum absolute atomic E-state index is 0.0205. The van der Waals surface area contributed by atoms with Crippen molar-refractivity contribution < 1.29 is 60.3 Å². The number of amides is 2. The lowest BCUT2D eigenvalue weighted by Gasteiger charge is -2.36. The molecular formula is C77H126N2O12. The molecule has 3 rings (SSSR count). The smallest absolute Gasteiger partial charge is 0.407 e. The molecule has 0 fully saturated rings. The second kappa shape index (κ2) is 51.1. The number of aliphatic hydroxyl groups excluding tert-OH is 9. The lowest BCUT2D eigenvalue weighted by molar-refractivity contribution is -0.121. The van der Waals surface area contributed by atoms with Crippen LogP contribution in [0.3, 0.4) is 0 Å². The van der Waals surface area contributed by atoms with Gasteiger partial charge in [0.2, 0.25) is 5.91 Å². The first-order valence-electron chi connectivity index (χ1n) is 36.0. The molecule has 0 saturated heterocycles. The number of carbonyl (C=O) groups is 2. The van der Waals surface area contributed by atoms with Crippen molar-refractivity contribution in [2.45, 2.75) is 270 Å². The number of rotatable bonds is 57. The lowest BCUT2D eigenvalue weighted by atomic mass is 9.70. The molecule has 0 saturated carbocycles. The average Bonchev–Trinajstić information content (AvgIpc) is 1.44. The van der Waals surface area contributed by atoms with E-state index in [0.29, 0.717) is 77.3 Å². The fourth-order valence-electron chi connectivity index (χ4n) is 14.8. The number of carbonyl (C=O) groups excluding carboxylic acids is 2. The third kappa shape index (κ3) is 34.1. The molecule has 3 aromatic carbocycles. The quantitative estimate of drug-likeness (QED) is 0.0144. The van der Waals surface area contributed by atoms with Crippen LogP contribution in [-0.2, 0) is 16.1 Å². The van der Waals surface area contributed by atoms with Gasteiger partial charge >= 0.3 is 6.09 Å². The van der Waals surface area contributed by atoms with Crippen molar-refractivity contribution in [3.63, 3.8) is 0 Å². The molecule has 0 aliphatic rings. The summed E-state index contributed by atoms with van der Waals surface area (Å²) in [4.78, 5) is 26.7. The van der Waals surface area contributed by atoms with Crippen LogP contribution in [0, 0.1) is 45.3 Å². The van der Waals surface area contributed by atoms with Gasteiger partial charge in [0.05, 0.1) is 0 Å². The Morgan fingerprint density at radius 2 is 0.626 bits per heavy atom. The fraction of sp³-hybridized carbons (Fsp3) is 0.740. The second-order valence-electron chi connectivity index (χ2n) is 26.7. The highest BCUT2D eigenvalue weighted by Crippen LogP contribution is 2.45. The molecule has 0 radical (unpaired) electrons. The lowest BCUT2D eigenvalue weighted by Crippen LogP contribution is -2.28. The third-order valence-electron chi connectivity index (χ3n) is 19.8. The molecular weight excluding hydrogens is 1140 g/mol. The van der Waals surface area contributed by atoms with Crippen LogP contribution in [0.25, 0.3) is 21.5 Å². The standard InChI is InChI=1S/C77H126N2O12/c80-56-24-44-74(45-25-57-81,46-26-58-82)38-16-5-1-3-7-18-41-77(43-21-11-20-40-76(50-30-62-86,51-31-63-87)52-32-64-88,42-19-8-4-2-6-17-39-75(47-27-59-83,48-28-60-84)49-29-61-85)53-37-72(89)78-54-22-9-10-23-55-79-73(90)91-66-71-69-35-14-12-33-67(69)65-68-34-13-15-36-70(68)71/h12-15,33-36,65,80-88H,5-11,16-32,37-64,66H2,(H,78,89)(H,79,90). The monoisotopic (exact) mass is 1270 g/mol. The predicted octanol–water partition coefficient (Wildman–Crippen LogP) is 14.2. The normalized spacial score (nSPS) is 12.1. The number of benzene rings is 3. The van der Waals surface area contributed by atoms with Crippen LogP contribution in [0.15, 0.2) is 54.6 Å². The Bertz CT molecular complexity index is 2280. The van der Waals surface area contributed by atoms with E-state index >= 15 is 0 Å². The van der Waals surface area contributed by atoms with Crippen molar-refractivity contribution in [1.29, 1.82) is 0 Å². The van der Waals surface area contributed by atoms with Gasteiger partial charge in [0.1, 0.15) is 6.61 Å². The number of alkyl carbamates (subject to hydrolysis) is 1. The van der Waals surface area contributed by atoms with E-state index in [1.54, 1.807) is 0 Å². The van der Waals surface area contributed by atoms with Gasteiger partial charge in [-0.25, -0.2) is 4.79 Å². The van der Waals surface area contributed by atoms with Gasteiger partial charge < -0.3 is 61.3 Å². The molecule has 516 valence electrons. The van der Waals surface area contributed by atoms with Crippen LogP contribution in [0.1, 0.15) is 269 Å². The first kappa shape index (κ1) is 80.9. The van der Waals surface area contributed by atoms with E-state index < -0.39 is 6.09 Å². The van der Waals surface area contributed by atoms with Gasteiger partial charge in [0.15, 0.2) is 0 Å². The van der Waals surface area contributed by atoms with Crippen LogP contribution in [0.5, 0.6) is 0 Å². The van der Waals surface area contributed by atoms with Crippen LogP contribution in [-0.4, -0.2) is 131 Å². The first-order valence-corrected chi connectivity index (χ1v) is 36.0. The second-order valence-corrected chi connectivity index (χ2v) is 26.7. The number of unbranched alkanes of at least 4 members (excludes halogenated alkanes) is 9. The highest BCUT2D eigenvalue weighted by atomic mass is 16.5. The highest BCUT2D eigenvalue weighted by molar-refractivity contribution is 6.02. The summed E-state index contributed by atoms with van der Waals surface area (Å²) >= 11 is 0. The molecule has 0 aliphatic carbocycles. The van der Waals surface area contributed by atoms with E-state index in [2.05, 4.69) is 64.6 Å². The molecule has 14 nitrogen and oxygen atoms in total. The maximum atomic E-state index is 13.9. The molecule has 0 aromatic heterocycles. The summed E-state index contributed by atoms with van der Waals surface area (Å²) in [5.74, 6) is 14.1. The van der Waals surface area contributed by atoms with Crippen molar-refractivity contribution in [2.75, 3.05) is 72.6 Å². The Kier molecular flexibility index (Phi) is 45.4. The van der Waals surface area contributed by atoms with Gasteiger partial charge in [-0.05, 0) is 248 Å². The summed E-state index contributed by atoms with van der Waals surface area (Å²) in [6.45, 7) is 2.44. The molecule has 91 heavy (non-hydrogen) atoms. The highest BCUT2D eigenvalue weighted by Gasteiger charge is 2.33. The largest absolute Gasteiger partial charge is 0.445 e. The predicted molar refractivity (Wildman–Crippen MR) is 371 cm³/mol. The summed E-state index contributed by atoms with van der Waals surface area (Å²) in [6.07, 6.45) is 34.0. The molecule has 0 aliphatic heterocycles. The summed E-state index contributed by atoms with van der Waals surface area (Å²) in [7, 11) is 0. The topological polar surface area (TPSA) is 249 Å². The van der Waals surface area contributed by atoms with Crippen molar-refractivity contribution >= 4 is 33.5 Å². The summed E-state index contributed by atoms with van der Waals surface area (Å²) in [5, 5.41) is 98.4. The Labute approximate surface area is 549 Å². The molecule has 0 atom stereocenters. The van der Waals surface area contributed by atoms with Crippen molar-refractivity contribution in [2.24, 2.45) is 21.7 Å². The van der Waals surface area contributed by atoms with Gasteiger partial charge in [0.25, 0.3) is 0 Å². The SMILES string of the molecule is O=C(CCC(CCCC#CCCCC(CCCO)(CCCO)CCCO)(CCCC#CCCCC(CCCO)(CCCO)CCCO)CCCCCC(CCCO)(CCCO)CCCO)NCCCCCCNC(=O)OCc1c2ccccc2cc2ccccc12. The summed E-state index contributed by atoms with van der Waals surface area (Å²) < 4.78 is 5.74. The zero-order valence-corrected chi connectivity index (χ0v) is 56.4. The fourth-order valence-corrected chi connectivity index (χ4v) is 14.8. The van der Waals surface area contributed by atoms with Crippen molar-refractivity contribution in [1.82, 2.24) is 10.6 Å². The van der Waals surface area contributed by atoms with E-state index in [4.69, 9.17) is 4.74 Å². The Balaban J connectivity index is 1.73. The molecule has 0 unspecified atom stereocenters. The molecule has 0 spiro atoms. The maximum absolute atomic E-state index is 13.9. The molecule has 2 amide bonds. The molecule has 3 aromatic rings. The van der Waals surface area contributed by atoms with Crippen molar-refractivity contribution in [3.05, 3.63) is 60.2 Å². The number of hydrogen-bond acceptors (Lipinski definition) is 12.